The molecule has 2 atom stereocenters. The van der Waals surface area contributed by atoms with E-state index in [1.54, 1.807) is 7.11 Å². The van der Waals surface area contributed by atoms with E-state index in [1.165, 1.54) is 30.4 Å². The van der Waals surface area contributed by atoms with Crippen molar-refractivity contribution in [3.8, 4) is 0 Å². The molecule has 0 aliphatic carbocycles. The molecule has 1 aliphatic rings. The van der Waals surface area contributed by atoms with E-state index in [4.69, 9.17) is 4.74 Å². The van der Waals surface area contributed by atoms with Crippen LogP contribution in [0.25, 0.3) is 0 Å². The molecule has 0 radical (unpaired) electrons. The quantitative estimate of drug-likeness (QED) is 0.863. The van der Waals surface area contributed by atoms with Crippen LogP contribution in [0.4, 0.5) is 0 Å². The number of hydrogen-bond acceptors (Lipinski definition) is 2. The molecule has 1 aromatic carbocycles. The van der Waals surface area contributed by atoms with E-state index in [1.807, 2.05) is 0 Å². The lowest BCUT2D eigenvalue weighted by molar-refractivity contribution is 0.118. The Kier molecular flexibility index (Phi) is 4.57. The lowest BCUT2D eigenvalue weighted by Crippen LogP contribution is -2.28. The van der Waals surface area contributed by atoms with Gasteiger partial charge in [0, 0.05) is 13.2 Å². The number of hydrogen-bond donors (Lipinski definition) is 1. The largest absolute Gasteiger partial charge is 0.381 e. The molecule has 0 bridgehead atoms. The van der Waals surface area contributed by atoms with Gasteiger partial charge < -0.3 is 10.1 Å². The molecule has 1 fully saturated rings. The Balaban J connectivity index is 2.14. The highest BCUT2D eigenvalue weighted by molar-refractivity contribution is 5.31. The van der Waals surface area contributed by atoms with Crippen molar-refractivity contribution < 1.29 is 4.74 Å². The highest BCUT2D eigenvalue weighted by Crippen LogP contribution is 2.26. The number of benzene rings is 1. The van der Waals surface area contributed by atoms with Crippen molar-refractivity contribution in [1.29, 1.82) is 0 Å². The third-order valence-corrected chi connectivity index (χ3v) is 3.65. The Morgan fingerprint density at radius 1 is 1.35 bits per heavy atom. The van der Waals surface area contributed by atoms with Crippen LogP contribution in [-0.2, 0) is 11.2 Å². The fourth-order valence-electron chi connectivity index (χ4n) is 2.57. The molecule has 94 valence electrons. The van der Waals surface area contributed by atoms with Gasteiger partial charge in [-0.05, 0) is 43.9 Å². The minimum absolute atomic E-state index is 0.291. The second kappa shape index (κ2) is 6.18. The van der Waals surface area contributed by atoms with Gasteiger partial charge in [0.1, 0.15) is 0 Å². The Hall–Kier alpha value is -0.860. The summed E-state index contributed by atoms with van der Waals surface area (Å²) in [6, 6.07) is 9.32. The van der Waals surface area contributed by atoms with E-state index in [0.717, 1.165) is 13.0 Å². The Morgan fingerprint density at radius 2 is 2.18 bits per heavy atom. The van der Waals surface area contributed by atoms with E-state index in [0.29, 0.717) is 12.1 Å². The topological polar surface area (TPSA) is 21.3 Å². The van der Waals surface area contributed by atoms with Crippen molar-refractivity contribution in [1.82, 2.24) is 5.32 Å². The molecule has 0 amide bonds. The summed E-state index contributed by atoms with van der Waals surface area (Å²) in [7, 11) is 1.78. The lowest BCUT2D eigenvalue weighted by Gasteiger charge is -2.26. The molecule has 17 heavy (non-hydrogen) atoms. The first-order valence-corrected chi connectivity index (χ1v) is 6.65. The molecular formula is C15H23NO. The van der Waals surface area contributed by atoms with Gasteiger partial charge in [0.15, 0.2) is 0 Å². The summed E-state index contributed by atoms with van der Waals surface area (Å²) in [5.74, 6) is 0. The molecular weight excluding hydrogens is 210 g/mol. The predicted octanol–water partition coefficient (Wildman–Crippen LogP) is 3.08. The van der Waals surface area contributed by atoms with Gasteiger partial charge in [-0.2, -0.15) is 0 Å². The highest BCUT2D eigenvalue weighted by Gasteiger charge is 2.18. The van der Waals surface area contributed by atoms with Gasteiger partial charge in [-0.1, -0.05) is 30.7 Å². The maximum absolute atomic E-state index is 5.38. The predicted molar refractivity (Wildman–Crippen MR) is 71.2 cm³/mol. The first-order valence-electron chi connectivity index (χ1n) is 6.65. The molecule has 1 N–H and O–H groups in total. The van der Waals surface area contributed by atoms with Crippen LogP contribution in [0.5, 0.6) is 0 Å². The third-order valence-electron chi connectivity index (χ3n) is 3.65. The summed E-state index contributed by atoms with van der Waals surface area (Å²) in [5.41, 5.74) is 2.90. The fraction of sp³-hybridized carbons (Fsp3) is 0.600. The van der Waals surface area contributed by atoms with Gasteiger partial charge in [-0.25, -0.2) is 0 Å². The van der Waals surface area contributed by atoms with Crippen LogP contribution in [0.2, 0.25) is 0 Å². The number of piperidine rings is 1. The van der Waals surface area contributed by atoms with E-state index < -0.39 is 0 Å². The monoisotopic (exact) mass is 233 g/mol. The summed E-state index contributed by atoms with van der Waals surface area (Å²) in [4.78, 5) is 0. The van der Waals surface area contributed by atoms with E-state index in [9.17, 15) is 0 Å². The molecule has 2 nitrogen and oxygen atoms in total. The van der Waals surface area contributed by atoms with Crippen LogP contribution < -0.4 is 5.32 Å². The molecule has 2 rings (SSSR count). The summed E-state index contributed by atoms with van der Waals surface area (Å²) in [6.45, 7) is 3.28. The molecule has 1 saturated heterocycles. The van der Waals surface area contributed by atoms with Crippen LogP contribution in [0.1, 0.15) is 43.4 Å². The number of ether oxygens (including phenoxy) is 1. The van der Waals surface area contributed by atoms with Crippen molar-refractivity contribution >= 4 is 0 Å². The lowest BCUT2D eigenvalue weighted by atomic mass is 9.91. The maximum Gasteiger partial charge on any atom is 0.0583 e. The molecule has 1 aromatic rings. The molecule has 0 spiro atoms. The van der Waals surface area contributed by atoms with Gasteiger partial charge in [-0.3, -0.25) is 0 Å². The Labute approximate surface area is 104 Å². The summed E-state index contributed by atoms with van der Waals surface area (Å²) >= 11 is 0. The first kappa shape index (κ1) is 12.6. The third kappa shape index (κ3) is 3.30. The van der Waals surface area contributed by atoms with Gasteiger partial charge in [0.05, 0.1) is 6.10 Å². The minimum atomic E-state index is 0.291. The van der Waals surface area contributed by atoms with Crippen molar-refractivity contribution in [3.05, 3.63) is 35.4 Å². The van der Waals surface area contributed by atoms with Crippen molar-refractivity contribution in [2.75, 3.05) is 13.7 Å². The normalized spacial score (nSPS) is 22.4. The van der Waals surface area contributed by atoms with Crippen LogP contribution in [0.3, 0.4) is 0 Å². The van der Waals surface area contributed by atoms with Crippen LogP contribution in [0, 0.1) is 0 Å². The van der Waals surface area contributed by atoms with E-state index in [-0.39, 0.29) is 0 Å². The number of nitrogens with one attached hydrogen (secondary N) is 1. The second-order valence-corrected chi connectivity index (χ2v) is 4.95. The number of methoxy groups -OCH3 is 1. The van der Waals surface area contributed by atoms with E-state index >= 15 is 0 Å². The van der Waals surface area contributed by atoms with Crippen molar-refractivity contribution in [2.45, 2.75) is 44.8 Å². The van der Waals surface area contributed by atoms with Crippen LogP contribution >= 0.6 is 0 Å². The van der Waals surface area contributed by atoms with Crippen LogP contribution in [0.15, 0.2) is 24.3 Å². The smallest absolute Gasteiger partial charge is 0.0583 e. The molecule has 1 heterocycles. The summed E-state index contributed by atoms with van der Waals surface area (Å²) in [6.07, 6.45) is 5.21. The first-order chi connectivity index (χ1) is 8.31. The van der Waals surface area contributed by atoms with Gasteiger partial charge in [0.2, 0.25) is 0 Å². The highest BCUT2D eigenvalue weighted by atomic mass is 16.5. The Bertz CT molecular complexity index is 345. The average molecular weight is 233 g/mol. The van der Waals surface area contributed by atoms with Crippen molar-refractivity contribution in [2.24, 2.45) is 0 Å². The Morgan fingerprint density at radius 3 is 2.88 bits per heavy atom. The molecule has 0 aromatic heterocycles. The molecule has 2 unspecified atom stereocenters. The minimum Gasteiger partial charge on any atom is -0.381 e. The summed E-state index contributed by atoms with van der Waals surface area (Å²) < 4.78 is 5.38. The second-order valence-electron chi connectivity index (χ2n) is 4.95. The van der Waals surface area contributed by atoms with Gasteiger partial charge in [-0.15, -0.1) is 0 Å². The summed E-state index contributed by atoms with van der Waals surface area (Å²) in [5, 5.41) is 3.63. The number of rotatable bonds is 4. The molecule has 2 heteroatoms. The van der Waals surface area contributed by atoms with Gasteiger partial charge in [0.25, 0.3) is 0 Å². The standard InChI is InChI=1S/C15H23NO/c1-12(17-2)11-13-7-3-4-8-14(13)15-9-5-6-10-16-15/h3-4,7-8,12,15-16H,5-6,9-11H2,1-2H3. The molecule has 1 aliphatic heterocycles. The zero-order valence-corrected chi connectivity index (χ0v) is 10.9. The van der Waals surface area contributed by atoms with E-state index in [2.05, 4.69) is 36.5 Å². The zero-order chi connectivity index (χ0) is 12.1. The van der Waals surface area contributed by atoms with Gasteiger partial charge >= 0.3 is 0 Å². The zero-order valence-electron chi connectivity index (χ0n) is 10.9. The average Bonchev–Trinajstić information content (AvgIpc) is 2.40. The fourth-order valence-corrected chi connectivity index (χ4v) is 2.57. The SMILES string of the molecule is COC(C)Cc1ccccc1C1CCCCN1. The molecule has 0 saturated carbocycles. The van der Waals surface area contributed by atoms with Crippen LogP contribution in [-0.4, -0.2) is 19.8 Å². The maximum atomic E-state index is 5.38. The van der Waals surface area contributed by atoms with Crippen molar-refractivity contribution in [3.63, 3.8) is 0 Å².